The molecule has 1 heterocycles. The summed E-state index contributed by atoms with van der Waals surface area (Å²) in [6.07, 6.45) is 1.55. The third-order valence-electron chi connectivity index (χ3n) is 1.89. The van der Waals surface area contributed by atoms with Crippen molar-refractivity contribution in [3.05, 3.63) is 42.1 Å². The van der Waals surface area contributed by atoms with Crippen LogP contribution in [0.25, 0.3) is 0 Å². The highest BCUT2D eigenvalue weighted by atomic mass is 19.2. The van der Waals surface area contributed by atoms with E-state index in [0.29, 0.717) is 5.88 Å². The van der Waals surface area contributed by atoms with Crippen LogP contribution < -0.4 is 4.74 Å². The van der Waals surface area contributed by atoms with Gasteiger partial charge in [0.25, 0.3) is 0 Å². The molecule has 0 aliphatic rings. The van der Waals surface area contributed by atoms with Crippen LogP contribution in [0.5, 0.6) is 11.6 Å². The lowest BCUT2D eigenvalue weighted by Crippen LogP contribution is -1.95. The second-order valence-corrected chi connectivity index (χ2v) is 2.97. The fraction of sp³-hybridized carbons (Fsp3) is 0.100. The Morgan fingerprint density at radius 3 is 2.60 bits per heavy atom. The number of ether oxygens (including phenoxy) is 1. The van der Waals surface area contributed by atoms with E-state index in [4.69, 9.17) is 4.74 Å². The Bertz CT molecular complexity index is 482. The maximum Gasteiger partial charge on any atom is 0.217 e. The second kappa shape index (κ2) is 3.68. The van der Waals surface area contributed by atoms with Gasteiger partial charge in [0.05, 0.1) is 6.20 Å². The lowest BCUT2D eigenvalue weighted by molar-refractivity contribution is 0.422. The molecule has 0 saturated heterocycles. The molecule has 0 atom stereocenters. The summed E-state index contributed by atoms with van der Waals surface area (Å²) in [4.78, 5) is 0. The average Bonchev–Trinajstić information content (AvgIpc) is 2.59. The van der Waals surface area contributed by atoms with Gasteiger partial charge in [-0.2, -0.15) is 5.10 Å². The van der Waals surface area contributed by atoms with Crippen molar-refractivity contribution in [2.24, 2.45) is 7.05 Å². The molecule has 1 aromatic carbocycles. The summed E-state index contributed by atoms with van der Waals surface area (Å²) >= 11 is 0. The van der Waals surface area contributed by atoms with E-state index in [2.05, 4.69) is 5.10 Å². The molecule has 0 unspecified atom stereocenters. The number of hydrogen-bond donors (Lipinski definition) is 0. The normalized spacial score (nSPS) is 10.3. The van der Waals surface area contributed by atoms with Crippen molar-refractivity contribution in [1.82, 2.24) is 9.78 Å². The third kappa shape index (κ3) is 1.96. The Morgan fingerprint density at radius 1 is 1.20 bits per heavy atom. The van der Waals surface area contributed by atoms with E-state index >= 15 is 0 Å². The van der Waals surface area contributed by atoms with Gasteiger partial charge in [0.2, 0.25) is 5.88 Å². The van der Waals surface area contributed by atoms with Crippen LogP contribution in [0.4, 0.5) is 8.78 Å². The summed E-state index contributed by atoms with van der Waals surface area (Å²) in [5.74, 6) is -1.14. The molecular formula is C10H8F2N2O. The molecule has 15 heavy (non-hydrogen) atoms. The van der Waals surface area contributed by atoms with Gasteiger partial charge in [-0.1, -0.05) is 0 Å². The zero-order valence-electron chi connectivity index (χ0n) is 7.95. The summed E-state index contributed by atoms with van der Waals surface area (Å²) in [7, 11) is 1.69. The third-order valence-corrected chi connectivity index (χ3v) is 1.89. The van der Waals surface area contributed by atoms with Crippen molar-refractivity contribution in [3.63, 3.8) is 0 Å². The van der Waals surface area contributed by atoms with Crippen LogP contribution in [-0.4, -0.2) is 9.78 Å². The summed E-state index contributed by atoms with van der Waals surface area (Å²) in [5, 5.41) is 3.88. The van der Waals surface area contributed by atoms with Crippen LogP contribution in [0.15, 0.2) is 30.5 Å². The van der Waals surface area contributed by atoms with Crippen molar-refractivity contribution in [3.8, 4) is 11.6 Å². The Kier molecular flexibility index (Phi) is 2.37. The predicted molar refractivity (Wildman–Crippen MR) is 49.6 cm³/mol. The zero-order valence-corrected chi connectivity index (χ0v) is 7.95. The van der Waals surface area contributed by atoms with Crippen LogP contribution in [0.2, 0.25) is 0 Å². The fourth-order valence-electron chi connectivity index (χ4n) is 1.12. The van der Waals surface area contributed by atoms with Crippen LogP contribution >= 0.6 is 0 Å². The predicted octanol–water partition coefficient (Wildman–Crippen LogP) is 2.49. The summed E-state index contributed by atoms with van der Waals surface area (Å²) < 4.78 is 32.2. The minimum atomic E-state index is -0.935. The van der Waals surface area contributed by atoms with Crippen molar-refractivity contribution < 1.29 is 13.5 Å². The summed E-state index contributed by atoms with van der Waals surface area (Å²) in [6.45, 7) is 0. The first-order chi connectivity index (χ1) is 7.16. The van der Waals surface area contributed by atoms with E-state index in [-0.39, 0.29) is 5.75 Å². The highest BCUT2D eigenvalue weighted by Crippen LogP contribution is 2.21. The topological polar surface area (TPSA) is 27.1 Å². The van der Waals surface area contributed by atoms with Gasteiger partial charge >= 0.3 is 0 Å². The molecule has 1 aromatic heterocycles. The monoisotopic (exact) mass is 210 g/mol. The van der Waals surface area contributed by atoms with Crippen LogP contribution in [0.3, 0.4) is 0 Å². The summed E-state index contributed by atoms with van der Waals surface area (Å²) in [6, 6.07) is 4.98. The fourth-order valence-corrected chi connectivity index (χ4v) is 1.12. The van der Waals surface area contributed by atoms with Gasteiger partial charge in [-0.3, -0.25) is 0 Å². The van der Waals surface area contributed by atoms with Crippen LogP contribution in [0, 0.1) is 11.6 Å². The van der Waals surface area contributed by atoms with Gasteiger partial charge in [-0.15, -0.1) is 0 Å². The van der Waals surface area contributed by atoms with E-state index in [1.165, 1.54) is 10.7 Å². The van der Waals surface area contributed by atoms with Gasteiger partial charge in [-0.05, 0) is 12.1 Å². The first-order valence-electron chi connectivity index (χ1n) is 4.28. The van der Waals surface area contributed by atoms with E-state index in [1.807, 2.05) is 0 Å². The second-order valence-electron chi connectivity index (χ2n) is 2.97. The van der Waals surface area contributed by atoms with Gasteiger partial charge in [0, 0.05) is 19.2 Å². The molecule has 2 rings (SSSR count). The smallest absolute Gasteiger partial charge is 0.217 e. The van der Waals surface area contributed by atoms with Crippen molar-refractivity contribution >= 4 is 0 Å². The number of benzene rings is 1. The highest BCUT2D eigenvalue weighted by Gasteiger charge is 2.05. The van der Waals surface area contributed by atoms with E-state index in [1.54, 1.807) is 19.3 Å². The Balaban J connectivity index is 2.25. The van der Waals surface area contributed by atoms with Crippen molar-refractivity contribution in [2.45, 2.75) is 0 Å². The first kappa shape index (κ1) is 9.64. The molecule has 0 spiro atoms. The lowest BCUT2D eigenvalue weighted by Gasteiger charge is -2.05. The molecule has 0 fully saturated rings. The number of aryl methyl sites for hydroxylation is 1. The average molecular weight is 210 g/mol. The SMILES string of the molecule is Cn1nccc1Oc1ccc(F)c(F)c1. The maximum absolute atomic E-state index is 12.8. The molecule has 0 aliphatic carbocycles. The molecule has 0 amide bonds. The Labute approximate surface area is 84.9 Å². The highest BCUT2D eigenvalue weighted by molar-refractivity contribution is 5.27. The van der Waals surface area contributed by atoms with E-state index in [0.717, 1.165) is 12.1 Å². The number of rotatable bonds is 2. The molecule has 78 valence electrons. The van der Waals surface area contributed by atoms with Gasteiger partial charge in [-0.25, -0.2) is 13.5 Å². The Hall–Kier alpha value is -1.91. The molecule has 0 N–H and O–H groups in total. The minimum Gasteiger partial charge on any atom is -0.439 e. The number of aromatic nitrogens is 2. The van der Waals surface area contributed by atoms with Crippen molar-refractivity contribution in [1.29, 1.82) is 0 Å². The number of nitrogens with zero attached hydrogens (tertiary/aromatic N) is 2. The number of hydrogen-bond acceptors (Lipinski definition) is 2. The van der Waals surface area contributed by atoms with Crippen LogP contribution in [0.1, 0.15) is 0 Å². The summed E-state index contributed by atoms with van der Waals surface area (Å²) in [5.41, 5.74) is 0. The standard InChI is InChI=1S/C10H8F2N2O/c1-14-10(4-5-13-14)15-7-2-3-8(11)9(12)6-7/h2-6H,1H3. The molecule has 3 nitrogen and oxygen atoms in total. The molecule has 0 bridgehead atoms. The molecule has 0 saturated carbocycles. The van der Waals surface area contributed by atoms with Gasteiger partial charge in [0.1, 0.15) is 5.75 Å². The van der Waals surface area contributed by atoms with Crippen LogP contribution in [-0.2, 0) is 7.05 Å². The van der Waals surface area contributed by atoms with E-state index in [9.17, 15) is 8.78 Å². The number of halogens is 2. The zero-order chi connectivity index (χ0) is 10.8. The van der Waals surface area contributed by atoms with E-state index < -0.39 is 11.6 Å². The molecule has 5 heteroatoms. The van der Waals surface area contributed by atoms with Crippen molar-refractivity contribution in [2.75, 3.05) is 0 Å². The Morgan fingerprint density at radius 2 is 2.00 bits per heavy atom. The molecule has 0 radical (unpaired) electrons. The van der Waals surface area contributed by atoms with Gasteiger partial charge < -0.3 is 4.74 Å². The molecular weight excluding hydrogens is 202 g/mol. The first-order valence-corrected chi connectivity index (χ1v) is 4.28. The molecule has 2 aromatic rings. The lowest BCUT2D eigenvalue weighted by atomic mass is 10.3. The minimum absolute atomic E-state index is 0.234. The van der Waals surface area contributed by atoms with Gasteiger partial charge in [0.15, 0.2) is 11.6 Å². The largest absolute Gasteiger partial charge is 0.439 e. The maximum atomic E-state index is 12.8. The molecule has 0 aliphatic heterocycles. The quantitative estimate of drug-likeness (QED) is 0.761.